The molecule has 0 spiro atoms. The first-order valence-corrected chi connectivity index (χ1v) is 5.85. The van der Waals surface area contributed by atoms with E-state index >= 15 is 0 Å². The summed E-state index contributed by atoms with van der Waals surface area (Å²) in [5.74, 6) is 1.47. The molecule has 0 saturated heterocycles. The van der Waals surface area contributed by atoms with Gasteiger partial charge in [-0.2, -0.15) is 0 Å². The normalized spacial score (nSPS) is 9.83. The Labute approximate surface area is 111 Å². The van der Waals surface area contributed by atoms with Crippen molar-refractivity contribution in [1.82, 2.24) is 9.97 Å². The lowest BCUT2D eigenvalue weighted by Gasteiger charge is -2.07. The lowest BCUT2D eigenvalue weighted by Crippen LogP contribution is -2.02. The molecule has 1 aromatic carbocycles. The average molecular weight is 261 g/mol. The average Bonchev–Trinajstić information content (AvgIpc) is 2.40. The van der Waals surface area contributed by atoms with Gasteiger partial charge in [-0.25, -0.2) is 9.97 Å². The predicted octanol–water partition coefficient (Wildman–Crippen LogP) is 3.47. The molecule has 0 fully saturated rings. The fourth-order valence-electron chi connectivity index (χ4n) is 1.38. The summed E-state index contributed by atoms with van der Waals surface area (Å²) in [6, 6.07) is 9.25. The van der Waals surface area contributed by atoms with Crippen molar-refractivity contribution in [2.24, 2.45) is 0 Å². The Morgan fingerprint density at radius 3 is 2.61 bits per heavy atom. The number of halogens is 1. The van der Waals surface area contributed by atoms with Crippen LogP contribution in [-0.2, 0) is 0 Å². The van der Waals surface area contributed by atoms with Crippen LogP contribution >= 0.6 is 11.6 Å². The second-order valence-electron chi connectivity index (χ2n) is 3.59. The lowest BCUT2D eigenvalue weighted by molar-refractivity contribution is 1.14. The van der Waals surface area contributed by atoms with Crippen LogP contribution in [0.2, 0.25) is 5.02 Å². The largest absolute Gasteiger partial charge is 0.366 e. The zero-order valence-corrected chi connectivity index (χ0v) is 10.5. The Morgan fingerprint density at radius 1 is 1.17 bits per heavy atom. The number of nitrogens with zero attached hydrogens (tertiary/aromatic N) is 2. The number of hydrogen-bond donors (Lipinski definition) is 2. The molecule has 0 amide bonds. The van der Waals surface area contributed by atoms with Crippen molar-refractivity contribution < 1.29 is 0 Å². The third-order valence-corrected chi connectivity index (χ3v) is 2.46. The molecule has 2 aromatic rings. The molecular weight excluding hydrogens is 248 g/mol. The molecule has 1 heterocycles. The van der Waals surface area contributed by atoms with Gasteiger partial charge in [0.25, 0.3) is 0 Å². The Hall–Kier alpha value is -2.07. The highest BCUT2D eigenvalue weighted by Crippen LogP contribution is 2.18. The van der Waals surface area contributed by atoms with Crippen LogP contribution in [0.1, 0.15) is 0 Å². The maximum absolute atomic E-state index is 5.82. The minimum absolute atomic E-state index is 0.664. The second-order valence-corrected chi connectivity index (χ2v) is 4.03. The van der Waals surface area contributed by atoms with Gasteiger partial charge in [0, 0.05) is 23.3 Å². The van der Waals surface area contributed by atoms with E-state index in [2.05, 4.69) is 27.2 Å². The van der Waals surface area contributed by atoms with Crippen LogP contribution in [0.25, 0.3) is 0 Å². The molecule has 0 aliphatic heterocycles. The summed E-state index contributed by atoms with van der Waals surface area (Å²) >= 11 is 5.82. The van der Waals surface area contributed by atoms with Crippen molar-refractivity contribution in [3.63, 3.8) is 0 Å². The van der Waals surface area contributed by atoms with Gasteiger partial charge in [-0.05, 0) is 24.3 Å². The molecule has 0 radical (unpaired) electrons. The highest BCUT2D eigenvalue weighted by molar-refractivity contribution is 6.30. The smallest absolute Gasteiger partial charge is 0.135 e. The molecule has 0 bridgehead atoms. The van der Waals surface area contributed by atoms with E-state index in [0.29, 0.717) is 11.6 Å². The van der Waals surface area contributed by atoms with Gasteiger partial charge >= 0.3 is 0 Å². The third-order valence-electron chi connectivity index (χ3n) is 2.21. The first kappa shape index (κ1) is 12.4. The van der Waals surface area contributed by atoms with E-state index in [0.717, 1.165) is 17.3 Å². The summed E-state index contributed by atoms with van der Waals surface area (Å²) in [6.07, 6.45) is 3.28. The van der Waals surface area contributed by atoms with E-state index in [1.54, 1.807) is 6.08 Å². The summed E-state index contributed by atoms with van der Waals surface area (Å²) in [5, 5.41) is 6.98. The summed E-state index contributed by atoms with van der Waals surface area (Å²) in [4.78, 5) is 8.25. The molecule has 2 rings (SSSR count). The van der Waals surface area contributed by atoms with E-state index in [1.165, 1.54) is 6.33 Å². The molecule has 0 aliphatic carbocycles. The molecular formula is C13H13ClN4. The Kier molecular flexibility index (Phi) is 4.15. The topological polar surface area (TPSA) is 49.8 Å². The van der Waals surface area contributed by atoms with E-state index in [9.17, 15) is 0 Å². The highest BCUT2D eigenvalue weighted by atomic mass is 35.5. The number of anilines is 3. The lowest BCUT2D eigenvalue weighted by atomic mass is 10.3. The SMILES string of the molecule is C=CCNc1cc(Nc2ccc(Cl)cc2)ncn1. The Bertz CT molecular complexity index is 525. The first-order valence-electron chi connectivity index (χ1n) is 5.47. The zero-order valence-electron chi connectivity index (χ0n) is 9.73. The molecule has 18 heavy (non-hydrogen) atoms. The molecule has 0 atom stereocenters. The molecule has 5 heteroatoms. The molecule has 0 aliphatic rings. The maximum atomic E-state index is 5.82. The standard InChI is InChI=1S/C13H13ClN4/c1-2-7-15-12-8-13(17-9-16-12)18-11-5-3-10(14)4-6-11/h2-6,8-9H,1,7H2,(H2,15,16,17,18). The quantitative estimate of drug-likeness (QED) is 0.809. The summed E-state index contributed by atoms with van der Waals surface area (Å²) in [5.41, 5.74) is 0.924. The minimum Gasteiger partial charge on any atom is -0.366 e. The first-order chi connectivity index (χ1) is 8.78. The number of benzene rings is 1. The minimum atomic E-state index is 0.664. The van der Waals surface area contributed by atoms with Gasteiger partial charge in [0.05, 0.1) is 0 Å². The van der Waals surface area contributed by atoms with E-state index < -0.39 is 0 Å². The fraction of sp³-hybridized carbons (Fsp3) is 0.0769. The Balaban J connectivity index is 2.08. The van der Waals surface area contributed by atoms with Crippen LogP contribution in [-0.4, -0.2) is 16.5 Å². The van der Waals surface area contributed by atoms with E-state index in [4.69, 9.17) is 11.6 Å². The van der Waals surface area contributed by atoms with Crippen molar-refractivity contribution >= 4 is 28.9 Å². The number of hydrogen-bond acceptors (Lipinski definition) is 4. The number of aromatic nitrogens is 2. The van der Waals surface area contributed by atoms with Crippen molar-refractivity contribution in [2.45, 2.75) is 0 Å². The maximum Gasteiger partial charge on any atom is 0.135 e. The van der Waals surface area contributed by atoms with Crippen LogP contribution in [0, 0.1) is 0 Å². The number of rotatable bonds is 5. The highest BCUT2D eigenvalue weighted by Gasteiger charge is 1.98. The van der Waals surface area contributed by atoms with E-state index in [-0.39, 0.29) is 0 Å². The van der Waals surface area contributed by atoms with Gasteiger partial charge in [-0.1, -0.05) is 17.7 Å². The predicted molar refractivity (Wildman–Crippen MR) is 75.5 cm³/mol. The van der Waals surface area contributed by atoms with Crippen LogP contribution in [0.3, 0.4) is 0 Å². The van der Waals surface area contributed by atoms with Gasteiger partial charge < -0.3 is 10.6 Å². The summed E-state index contributed by atoms with van der Waals surface area (Å²) in [6.45, 7) is 4.30. The number of nitrogens with one attached hydrogen (secondary N) is 2. The molecule has 2 N–H and O–H groups in total. The van der Waals surface area contributed by atoms with Crippen molar-refractivity contribution in [3.05, 3.63) is 54.3 Å². The third kappa shape index (κ3) is 3.46. The fourth-order valence-corrected chi connectivity index (χ4v) is 1.51. The van der Waals surface area contributed by atoms with Crippen LogP contribution < -0.4 is 10.6 Å². The monoisotopic (exact) mass is 260 g/mol. The van der Waals surface area contributed by atoms with Gasteiger partial charge in [0.1, 0.15) is 18.0 Å². The van der Waals surface area contributed by atoms with Crippen molar-refractivity contribution in [2.75, 3.05) is 17.2 Å². The second kappa shape index (κ2) is 6.02. The molecule has 0 unspecified atom stereocenters. The van der Waals surface area contributed by atoms with Crippen LogP contribution in [0.5, 0.6) is 0 Å². The molecule has 0 saturated carbocycles. The Morgan fingerprint density at radius 2 is 1.89 bits per heavy atom. The van der Waals surface area contributed by atoms with Gasteiger partial charge in [0.15, 0.2) is 0 Å². The van der Waals surface area contributed by atoms with E-state index in [1.807, 2.05) is 30.3 Å². The van der Waals surface area contributed by atoms with Crippen molar-refractivity contribution in [1.29, 1.82) is 0 Å². The molecule has 1 aromatic heterocycles. The van der Waals surface area contributed by atoms with Gasteiger partial charge in [0.2, 0.25) is 0 Å². The molecule has 92 valence electrons. The van der Waals surface area contributed by atoms with Crippen LogP contribution in [0.4, 0.5) is 17.3 Å². The van der Waals surface area contributed by atoms with Gasteiger partial charge in [-0.3, -0.25) is 0 Å². The molecule has 4 nitrogen and oxygen atoms in total. The van der Waals surface area contributed by atoms with Crippen molar-refractivity contribution in [3.8, 4) is 0 Å². The van der Waals surface area contributed by atoms with Gasteiger partial charge in [-0.15, -0.1) is 6.58 Å². The summed E-state index contributed by atoms with van der Waals surface area (Å²) < 4.78 is 0. The summed E-state index contributed by atoms with van der Waals surface area (Å²) in [7, 11) is 0. The van der Waals surface area contributed by atoms with Crippen LogP contribution in [0.15, 0.2) is 49.3 Å². The zero-order chi connectivity index (χ0) is 12.8.